The molecule has 8 N–H and O–H groups in total. The minimum absolute atomic E-state index is 0.0262. The summed E-state index contributed by atoms with van der Waals surface area (Å²) in [5, 5.41) is 17.6. The van der Waals surface area contributed by atoms with E-state index in [1.165, 1.54) is 6.07 Å². The molecule has 0 saturated carbocycles. The van der Waals surface area contributed by atoms with Crippen LogP contribution in [0.2, 0.25) is 0 Å². The fourth-order valence-corrected chi connectivity index (χ4v) is 6.53. The molecule has 13 nitrogen and oxygen atoms in total. The van der Waals surface area contributed by atoms with Crippen LogP contribution in [0, 0.1) is 0 Å². The molecule has 0 radical (unpaired) electrons. The van der Waals surface area contributed by atoms with Gasteiger partial charge in [-0.1, -0.05) is 6.42 Å². The number of quaternary nitrogens is 1. The number of hydrogen-bond acceptors (Lipinski definition) is 7. The third-order valence-electron chi connectivity index (χ3n) is 7.07. The first-order valence-electron chi connectivity index (χ1n) is 14.9. The molecular formula is C29H47N8O5S+. The number of nitrogens with one attached hydrogen (secondary N) is 6. The normalized spacial score (nSPS) is 19.2. The Labute approximate surface area is 257 Å². The molecule has 1 aromatic rings. The van der Waals surface area contributed by atoms with Crippen LogP contribution < -0.4 is 37.6 Å². The second-order valence-electron chi connectivity index (χ2n) is 12.0. The van der Waals surface area contributed by atoms with Crippen molar-refractivity contribution in [2.45, 2.75) is 55.9 Å². The SMILES string of the molecule is C[N+](C)(C)CC(=O)Nc1cc(C(=O)NCCCN)cc(C(=O)NCCCNC(=O)CCCCC2SCC3NC(=O)NC32)c1. The monoisotopic (exact) mass is 619 g/mol. The van der Waals surface area contributed by atoms with E-state index in [-0.39, 0.29) is 59.4 Å². The Balaban J connectivity index is 1.40. The van der Waals surface area contributed by atoms with Crippen molar-refractivity contribution >= 4 is 47.1 Å². The van der Waals surface area contributed by atoms with Crippen LogP contribution in [0.1, 0.15) is 59.2 Å². The fraction of sp³-hybridized carbons (Fsp3) is 0.621. The van der Waals surface area contributed by atoms with E-state index in [1.54, 1.807) is 12.1 Å². The van der Waals surface area contributed by atoms with Gasteiger partial charge >= 0.3 is 6.03 Å². The van der Waals surface area contributed by atoms with Crippen LogP contribution in [0.25, 0.3) is 0 Å². The average Bonchev–Trinajstić information content (AvgIpc) is 3.48. The van der Waals surface area contributed by atoms with Crippen LogP contribution in [0.3, 0.4) is 0 Å². The van der Waals surface area contributed by atoms with Gasteiger partial charge < -0.3 is 42.1 Å². The van der Waals surface area contributed by atoms with Gasteiger partial charge in [-0.05, 0) is 50.4 Å². The molecule has 238 valence electrons. The molecule has 2 aliphatic rings. The first-order chi connectivity index (χ1) is 20.4. The highest BCUT2D eigenvalue weighted by Crippen LogP contribution is 2.33. The largest absolute Gasteiger partial charge is 0.356 e. The van der Waals surface area contributed by atoms with Gasteiger partial charge in [-0.15, -0.1) is 0 Å². The second kappa shape index (κ2) is 16.5. The Kier molecular flexibility index (Phi) is 13.1. The lowest BCUT2D eigenvalue weighted by Crippen LogP contribution is -2.41. The molecular weight excluding hydrogens is 572 g/mol. The first kappa shape index (κ1) is 34.1. The summed E-state index contributed by atoms with van der Waals surface area (Å²) in [6.45, 7) is 1.82. The summed E-state index contributed by atoms with van der Waals surface area (Å²) in [5.74, 6) is -0.0785. The van der Waals surface area contributed by atoms with Gasteiger partial charge in [0.2, 0.25) is 5.91 Å². The van der Waals surface area contributed by atoms with Crippen LogP contribution in [0.5, 0.6) is 0 Å². The summed E-state index contributed by atoms with van der Waals surface area (Å²) in [5.41, 5.74) is 6.37. The van der Waals surface area contributed by atoms with E-state index in [1.807, 2.05) is 32.9 Å². The van der Waals surface area contributed by atoms with Crippen molar-refractivity contribution in [2.24, 2.45) is 5.73 Å². The molecule has 3 atom stereocenters. The zero-order valence-electron chi connectivity index (χ0n) is 25.4. The molecule has 2 fully saturated rings. The van der Waals surface area contributed by atoms with Crippen LogP contribution >= 0.6 is 11.8 Å². The number of fused-ring (bicyclic) bond motifs is 1. The summed E-state index contributed by atoms with van der Waals surface area (Å²) in [4.78, 5) is 61.8. The molecule has 3 rings (SSSR count). The number of nitrogens with two attached hydrogens (primary N) is 1. The highest BCUT2D eigenvalue weighted by atomic mass is 32.2. The van der Waals surface area contributed by atoms with Crippen molar-refractivity contribution in [2.75, 3.05) is 64.9 Å². The summed E-state index contributed by atoms with van der Waals surface area (Å²) in [6.07, 6.45) is 4.26. The number of likely N-dealkylation sites (N-methyl/N-ethyl adjacent to an activating group) is 1. The molecule has 2 aliphatic heterocycles. The van der Waals surface area contributed by atoms with E-state index in [0.29, 0.717) is 60.9 Å². The predicted molar refractivity (Wildman–Crippen MR) is 168 cm³/mol. The average molecular weight is 620 g/mol. The van der Waals surface area contributed by atoms with Gasteiger partial charge in [0.1, 0.15) is 0 Å². The molecule has 1 aromatic carbocycles. The summed E-state index contributed by atoms with van der Waals surface area (Å²) < 4.78 is 0.425. The van der Waals surface area contributed by atoms with Gasteiger partial charge in [0.25, 0.3) is 17.7 Å². The highest BCUT2D eigenvalue weighted by molar-refractivity contribution is 8.00. The lowest BCUT2D eigenvalue weighted by molar-refractivity contribution is -0.861. The third kappa shape index (κ3) is 11.7. The Morgan fingerprint density at radius 3 is 2.19 bits per heavy atom. The number of amides is 6. The molecule has 0 aliphatic carbocycles. The highest BCUT2D eigenvalue weighted by Gasteiger charge is 2.42. The number of hydrogen-bond donors (Lipinski definition) is 7. The number of thioether (sulfide) groups is 1. The number of benzene rings is 1. The van der Waals surface area contributed by atoms with Gasteiger partial charge in [0.05, 0.1) is 33.2 Å². The second-order valence-corrected chi connectivity index (χ2v) is 13.3. The van der Waals surface area contributed by atoms with Crippen molar-refractivity contribution < 1.29 is 28.5 Å². The van der Waals surface area contributed by atoms with E-state index in [4.69, 9.17) is 5.73 Å². The van der Waals surface area contributed by atoms with Crippen LogP contribution in [0.15, 0.2) is 18.2 Å². The minimum atomic E-state index is -0.384. The Morgan fingerprint density at radius 1 is 0.884 bits per heavy atom. The number of rotatable bonds is 17. The number of urea groups is 1. The van der Waals surface area contributed by atoms with E-state index in [2.05, 4.69) is 31.9 Å². The fourth-order valence-electron chi connectivity index (χ4n) is 4.98. The summed E-state index contributed by atoms with van der Waals surface area (Å²) in [6, 6.07) is 4.89. The first-order valence-corrected chi connectivity index (χ1v) is 16.0. The maximum atomic E-state index is 12.9. The molecule has 6 amide bonds. The number of anilines is 1. The molecule has 3 unspecified atom stereocenters. The maximum absolute atomic E-state index is 12.9. The topological polar surface area (TPSA) is 184 Å². The molecule has 2 heterocycles. The van der Waals surface area contributed by atoms with Crippen molar-refractivity contribution in [3.05, 3.63) is 29.3 Å². The zero-order chi connectivity index (χ0) is 31.4. The van der Waals surface area contributed by atoms with Gasteiger partial charge in [0, 0.05) is 53.9 Å². The molecule has 0 bridgehead atoms. The molecule has 43 heavy (non-hydrogen) atoms. The zero-order valence-corrected chi connectivity index (χ0v) is 26.2. The van der Waals surface area contributed by atoms with Crippen LogP contribution in [-0.4, -0.2) is 111 Å². The summed E-state index contributed by atoms with van der Waals surface area (Å²) in [7, 11) is 5.68. The number of nitrogens with zero attached hydrogens (tertiary/aromatic N) is 1. The van der Waals surface area contributed by atoms with E-state index >= 15 is 0 Å². The van der Waals surface area contributed by atoms with Crippen LogP contribution in [-0.2, 0) is 9.59 Å². The maximum Gasteiger partial charge on any atom is 0.315 e. The Hall–Kier alpha value is -3.36. The van der Waals surface area contributed by atoms with Gasteiger partial charge in [-0.3, -0.25) is 19.2 Å². The van der Waals surface area contributed by atoms with Gasteiger partial charge in [-0.25, -0.2) is 4.79 Å². The number of unbranched alkanes of at least 4 members (excludes halogenated alkanes) is 1. The molecule has 14 heteroatoms. The minimum Gasteiger partial charge on any atom is -0.356 e. The quantitative estimate of drug-likeness (QED) is 0.0747. The van der Waals surface area contributed by atoms with Crippen molar-refractivity contribution in [3.63, 3.8) is 0 Å². The Bertz CT molecular complexity index is 1160. The van der Waals surface area contributed by atoms with Crippen molar-refractivity contribution in [1.29, 1.82) is 0 Å². The lowest BCUT2D eigenvalue weighted by atomic mass is 10.0. The number of carbonyl (C=O) groups excluding carboxylic acids is 5. The van der Waals surface area contributed by atoms with Gasteiger partial charge in [0.15, 0.2) is 6.54 Å². The lowest BCUT2D eigenvalue weighted by Gasteiger charge is -2.23. The van der Waals surface area contributed by atoms with E-state index in [9.17, 15) is 24.0 Å². The van der Waals surface area contributed by atoms with Crippen LogP contribution in [0.4, 0.5) is 10.5 Å². The third-order valence-corrected chi connectivity index (χ3v) is 8.58. The van der Waals surface area contributed by atoms with Crippen molar-refractivity contribution in [1.82, 2.24) is 26.6 Å². The standard InChI is InChI=1S/C29H46N8O5S/c1-37(2,3)17-25(39)34-21-15-19(27(40)32-11-6-10-30)14-20(16-21)28(41)33-13-7-12-31-24(38)9-5-4-8-23-26-22(18-43-23)35-29(42)36-26/h14-16,22-23,26H,4-13,17-18,30H2,1-3H3,(H5-,31,32,33,34,35,36,38,39,40,41,42)/p+1. The Morgan fingerprint density at radius 2 is 1.53 bits per heavy atom. The van der Waals surface area contributed by atoms with Gasteiger partial charge in [-0.2, -0.15) is 11.8 Å². The predicted octanol–water partition coefficient (Wildman–Crippen LogP) is 0.372. The molecule has 2 saturated heterocycles. The van der Waals surface area contributed by atoms with Crippen molar-refractivity contribution in [3.8, 4) is 0 Å². The van der Waals surface area contributed by atoms with E-state index < -0.39 is 0 Å². The number of carbonyl (C=O) groups is 5. The molecule has 0 aromatic heterocycles. The van der Waals surface area contributed by atoms with E-state index in [0.717, 1.165) is 25.0 Å². The smallest absolute Gasteiger partial charge is 0.315 e. The molecule has 0 spiro atoms. The summed E-state index contributed by atoms with van der Waals surface area (Å²) >= 11 is 1.87.